The van der Waals surface area contributed by atoms with Crippen LogP contribution in [0.25, 0.3) is 5.69 Å². The van der Waals surface area contributed by atoms with Gasteiger partial charge in [-0.1, -0.05) is 51.0 Å². The fourth-order valence-electron chi connectivity index (χ4n) is 3.41. The molecular weight excluding hydrogens is 348 g/mol. The highest BCUT2D eigenvalue weighted by atomic mass is 16.1. The number of aryl methyl sites for hydroxylation is 2. The molecule has 0 atom stereocenters. The highest BCUT2D eigenvalue weighted by molar-refractivity contribution is 5.96. The lowest BCUT2D eigenvalue weighted by Gasteiger charge is -2.11. The molecule has 146 valence electrons. The lowest BCUT2D eigenvalue weighted by atomic mass is 10.0. The van der Waals surface area contributed by atoms with Gasteiger partial charge >= 0.3 is 0 Å². The summed E-state index contributed by atoms with van der Waals surface area (Å²) in [6.07, 6.45) is 5.21. The molecule has 0 unspecified atom stereocenters. The van der Waals surface area contributed by atoms with Gasteiger partial charge in [0.05, 0.1) is 34.9 Å². The number of rotatable bonds is 8. The maximum absolute atomic E-state index is 13.1. The Kier molecular flexibility index (Phi) is 6.58. The summed E-state index contributed by atoms with van der Waals surface area (Å²) in [6, 6.07) is 13.9. The van der Waals surface area contributed by atoms with Gasteiger partial charge in [0.25, 0.3) is 5.91 Å². The Bertz CT molecular complexity index is 931. The Morgan fingerprint density at radius 3 is 2.46 bits per heavy atom. The van der Waals surface area contributed by atoms with Gasteiger partial charge in [-0.05, 0) is 43.5 Å². The van der Waals surface area contributed by atoms with Crippen LogP contribution in [0.15, 0.2) is 48.7 Å². The molecular formula is C23H28N4O. The Morgan fingerprint density at radius 2 is 1.79 bits per heavy atom. The van der Waals surface area contributed by atoms with Crippen molar-refractivity contribution >= 4 is 5.91 Å². The van der Waals surface area contributed by atoms with Crippen molar-refractivity contribution in [3.63, 3.8) is 0 Å². The number of benzene rings is 1. The van der Waals surface area contributed by atoms with Crippen molar-refractivity contribution in [1.29, 1.82) is 0 Å². The van der Waals surface area contributed by atoms with Gasteiger partial charge in [-0.15, -0.1) is 0 Å². The molecule has 5 heteroatoms. The van der Waals surface area contributed by atoms with Gasteiger partial charge < -0.3 is 5.32 Å². The molecule has 1 aromatic carbocycles. The first-order valence-electron chi connectivity index (χ1n) is 10.0. The summed E-state index contributed by atoms with van der Waals surface area (Å²) >= 11 is 0. The average molecular weight is 377 g/mol. The summed E-state index contributed by atoms with van der Waals surface area (Å²) in [5, 5.41) is 7.90. The number of carbonyl (C=O) groups is 1. The minimum atomic E-state index is -0.0719. The molecule has 0 saturated carbocycles. The van der Waals surface area contributed by atoms with Crippen molar-refractivity contribution in [1.82, 2.24) is 20.1 Å². The van der Waals surface area contributed by atoms with E-state index in [4.69, 9.17) is 5.10 Å². The second-order valence-electron chi connectivity index (χ2n) is 6.97. The minimum absolute atomic E-state index is 0.0719. The van der Waals surface area contributed by atoms with Crippen LogP contribution in [0.5, 0.6) is 0 Å². The monoisotopic (exact) mass is 376 g/mol. The second kappa shape index (κ2) is 9.31. The largest absolute Gasteiger partial charge is 0.346 e. The molecule has 0 fully saturated rings. The standard InChI is InChI=1S/C23H28N4O/c1-4-10-19-22(23(28)25-16-18-13-8-9-15-24-18)21(11-5-2)27(26-19)20-14-7-6-12-17(20)3/h6-9,12-15H,4-5,10-11,16H2,1-3H3,(H,25,28). The highest BCUT2D eigenvalue weighted by Crippen LogP contribution is 2.24. The summed E-state index contributed by atoms with van der Waals surface area (Å²) < 4.78 is 1.97. The van der Waals surface area contributed by atoms with Crippen LogP contribution >= 0.6 is 0 Å². The number of hydrogen-bond donors (Lipinski definition) is 1. The third kappa shape index (κ3) is 4.30. The van der Waals surface area contributed by atoms with Crippen molar-refractivity contribution < 1.29 is 4.79 Å². The molecule has 1 N–H and O–H groups in total. The molecule has 28 heavy (non-hydrogen) atoms. The molecule has 3 aromatic rings. The second-order valence-corrected chi connectivity index (χ2v) is 6.97. The molecule has 3 rings (SSSR count). The number of hydrogen-bond acceptors (Lipinski definition) is 3. The summed E-state index contributed by atoms with van der Waals surface area (Å²) in [7, 11) is 0. The molecule has 0 aliphatic carbocycles. The fraction of sp³-hybridized carbons (Fsp3) is 0.348. The maximum Gasteiger partial charge on any atom is 0.255 e. The van der Waals surface area contributed by atoms with Gasteiger partial charge in [-0.25, -0.2) is 4.68 Å². The van der Waals surface area contributed by atoms with Crippen LogP contribution in [0, 0.1) is 6.92 Å². The van der Waals surface area contributed by atoms with E-state index >= 15 is 0 Å². The molecule has 0 spiro atoms. The van der Waals surface area contributed by atoms with Crippen LogP contribution in [0.3, 0.4) is 0 Å². The van der Waals surface area contributed by atoms with Gasteiger partial charge in [0, 0.05) is 6.20 Å². The van der Waals surface area contributed by atoms with Crippen molar-refractivity contribution in [2.75, 3.05) is 0 Å². The van der Waals surface area contributed by atoms with E-state index in [1.54, 1.807) is 6.20 Å². The number of pyridine rings is 1. The third-order valence-electron chi connectivity index (χ3n) is 4.75. The molecule has 2 aromatic heterocycles. The lowest BCUT2D eigenvalue weighted by molar-refractivity contribution is 0.0948. The van der Waals surface area contributed by atoms with Crippen molar-refractivity contribution in [3.05, 3.63) is 76.9 Å². The van der Waals surface area contributed by atoms with E-state index in [0.717, 1.165) is 59.6 Å². The molecule has 0 radical (unpaired) electrons. The van der Waals surface area contributed by atoms with E-state index in [0.29, 0.717) is 6.54 Å². The zero-order chi connectivity index (χ0) is 19.9. The number of aromatic nitrogens is 3. The van der Waals surface area contributed by atoms with Crippen LogP contribution in [0.2, 0.25) is 0 Å². The Morgan fingerprint density at radius 1 is 1.04 bits per heavy atom. The van der Waals surface area contributed by atoms with E-state index in [1.165, 1.54) is 0 Å². The molecule has 0 saturated heterocycles. The van der Waals surface area contributed by atoms with Crippen LogP contribution in [-0.4, -0.2) is 20.7 Å². The zero-order valence-electron chi connectivity index (χ0n) is 16.9. The third-order valence-corrected chi connectivity index (χ3v) is 4.75. The average Bonchev–Trinajstić information content (AvgIpc) is 3.06. The van der Waals surface area contributed by atoms with E-state index in [2.05, 4.69) is 43.2 Å². The smallest absolute Gasteiger partial charge is 0.255 e. The number of nitrogens with one attached hydrogen (secondary N) is 1. The highest BCUT2D eigenvalue weighted by Gasteiger charge is 2.24. The van der Waals surface area contributed by atoms with Gasteiger partial charge in [-0.3, -0.25) is 9.78 Å². The van der Waals surface area contributed by atoms with E-state index in [9.17, 15) is 4.79 Å². The molecule has 5 nitrogen and oxygen atoms in total. The fourth-order valence-corrected chi connectivity index (χ4v) is 3.41. The van der Waals surface area contributed by atoms with Crippen LogP contribution in [0.4, 0.5) is 0 Å². The van der Waals surface area contributed by atoms with Crippen LogP contribution in [-0.2, 0) is 19.4 Å². The quantitative estimate of drug-likeness (QED) is 0.633. The number of nitrogens with zero attached hydrogens (tertiary/aromatic N) is 3. The van der Waals surface area contributed by atoms with Gasteiger partial charge in [0.1, 0.15) is 0 Å². The molecule has 0 aliphatic heterocycles. The van der Waals surface area contributed by atoms with Crippen molar-refractivity contribution in [3.8, 4) is 5.69 Å². The molecule has 0 aliphatic rings. The van der Waals surface area contributed by atoms with Gasteiger partial charge in [-0.2, -0.15) is 5.10 Å². The van der Waals surface area contributed by atoms with Crippen LogP contribution in [0.1, 0.15) is 59.7 Å². The topological polar surface area (TPSA) is 59.8 Å². The predicted molar refractivity (Wildman–Crippen MR) is 112 cm³/mol. The zero-order valence-corrected chi connectivity index (χ0v) is 16.9. The van der Waals surface area contributed by atoms with E-state index in [-0.39, 0.29) is 5.91 Å². The maximum atomic E-state index is 13.1. The normalized spacial score (nSPS) is 10.8. The molecule has 1 amide bonds. The predicted octanol–water partition coefficient (Wildman–Crippen LogP) is 4.41. The first-order chi connectivity index (χ1) is 13.7. The first kappa shape index (κ1) is 19.8. The number of carbonyl (C=O) groups excluding carboxylic acids is 1. The number of para-hydroxylation sites is 1. The summed E-state index contributed by atoms with van der Waals surface area (Å²) in [5.74, 6) is -0.0719. The number of amides is 1. The summed E-state index contributed by atoms with van der Waals surface area (Å²) in [5.41, 5.74) is 5.60. The minimum Gasteiger partial charge on any atom is -0.346 e. The van der Waals surface area contributed by atoms with E-state index in [1.807, 2.05) is 35.0 Å². The lowest BCUT2D eigenvalue weighted by Crippen LogP contribution is -2.25. The Hall–Kier alpha value is -2.95. The van der Waals surface area contributed by atoms with Gasteiger partial charge in [0.2, 0.25) is 0 Å². The van der Waals surface area contributed by atoms with Gasteiger partial charge in [0.15, 0.2) is 0 Å². The van der Waals surface area contributed by atoms with E-state index < -0.39 is 0 Å². The Balaban J connectivity index is 2.00. The molecule has 2 heterocycles. The molecule has 0 bridgehead atoms. The van der Waals surface area contributed by atoms with Crippen molar-refractivity contribution in [2.45, 2.75) is 53.0 Å². The van der Waals surface area contributed by atoms with Crippen molar-refractivity contribution in [2.24, 2.45) is 0 Å². The van der Waals surface area contributed by atoms with Crippen LogP contribution < -0.4 is 5.32 Å². The first-order valence-corrected chi connectivity index (χ1v) is 10.0. The summed E-state index contributed by atoms with van der Waals surface area (Å²) in [4.78, 5) is 17.4. The SMILES string of the molecule is CCCc1nn(-c2ccccc2C)c(CCC)c1C(=O)NCc1ccccn1. The summed E-state index contributed by atoms with van der Waals surface area (Å²) in [6.45, 7) is 6.73. The Labute approximate surface area is 166 Å².